The quantitative estimate of drug-likeness (QED) is 0.655. The van der Waals surface area contributed by atoms with Gasteiger partial charge in [0.15, 0.2) is 11.9 Å². The van der Waals surface area contributed by atoms with Crippen LogP contribution in [0.15, 0.2) is 58.1 Å². The van der Waals surface area contributed by atoms with Crippen molar-refractivity contribution in [2.24, 2.45) is 0 Å². The van der Waals surface area contributed by atoms with Gasteiger partial charge in [0, 0.05) is 6.20 Å². The highest BCUT2D eigenvalue weighted by molar-refractivity contribution is 6.06. The van der Waals surface area contributed by atoms with Crippen LogP contribution in [0.3, 0.4) is 0 Å². The van der Waals surface area contributed by atoms with Crippen molar-refractivity contribution in [3.8, 4) is 5.75 Å². The van der Waals surface area contributed by atoms with Crippen LogP contribution in [0.5, 0.6) is 5.75 Å². The number of nitrogens with one attached hydrogen (secondary N) is 3. The summed E-state index contributed by atoms with van der Waals surface area (Å²) in [5.74, 6) is -0.380. The van der Waals surface area contributed by atoms with Crippen molar-refractivity contribution in [2.75, 3.05) is 16.8 Å². The van der Waals surface area contributed by atoms with Gasteiger partial charge >= 0.3 is 0 Å². The molecule has 0 radical (unpaired) electrons. The van der Waals surface area contributed by atoms with E-state index < -0.39 is 17.6 Å². The van der Waals surface area contributed by atoms with Gasteiger partial charge in [-0.3, -0.25) is 24.4 Å². The predicted octanol–water partition coefficient (Wildman–Crippen LogP) is 1.34. The largest absolute Gasteiger partial charge is 0.476 e. The molecule has 1 aliphatic heterocycles. The van der Waals surface area contributed by atoms with Crippen LogP contribution < -0.4 is 20.5 Å². The third-order valence-electron chi connectivity index (χ3n) is 3.95. The van der Waals surface area contributed by atoms with Gasteiger partial charge < -0.3 is 19.6 Å². The van der Waals surface area contributed by atoms with E-state index in [2.05, 4.69) is 15.5 Å². The summed E-state index contributed by atoms with van der Waals surface area (Å²) in [6, 6.07) is 10.1. The number of anilines is 2. The molecule has 1 aliphatic rings. The zero-order valence-electron chi connectivity index (χ0n) is 13.4. The van der Waals surface area contributed by atoms with Crippen molar-refractivity contribution in [2.45, 2.75) is 6.10 Å². The summed E-state index contributed by atoms with van der Waals surface area (Å²) in [5, 5.41) is 7.31. The first kappa shape index (κ1) is 15.8. The number of furan rings is 1. The van der Waals surface area contributed by atoms with E-state index >= 15 is 0 Å². The molecule has 0 bridgehead atoms. The number of benzene rings is 1. The van der Waals surface area contributed by atoms with Crippen LogP contribution in [0.2, 0.25) is 0 Å². The molecule has 2 aromatic heterocycles. The SMILES string of the molecule is O=C(Nc1c[nH][nH]c1=O)C1CN(C(=O)c2ccco2)c2ccccc2O1. The number of amides is 2. The number of aromatic amines is 2. The molecule has 0 saturated heterocycles. The number of hydrogen-bond donors (Lipinski definition) is 3. The minimum Gasteiger partial charge on any atom is -0.476 e. The first-order chi connectivity index (χ1) is 12.6. The summed E-state index contributed by atoms with van der Waals surface area (Å²) < 4.78 is 10.9. The average molecular weight is 354 g/mol. The summed E-state index contributed by atoms with van der Waals surface area (Å²) in [6.45, 7) is -0.0231. The number of carbonyl (C=O) groups excluding carboxylic acids is 2. The van der Waals surface area contributed by atoms with Crippen molar-refractivity contribution in [1.82, 2.24) is 10.2 Å². The van der Waals surface area contributed by atoms with Gasteiger partial charge in [-0.25, -0.2) is 0 Å². The predicted molar refractivity (Wildman–Crippen MR) is 91.3 cm³/mol. The lowest BCUT2D eigenvalue weighted by molar-refractivity contribution is -0.122. The van der Waals surface area contributed by atoms with Crippen molar-refractivity contribution in [1.29, 1.82) is 0 Å². The number of aromatic nitrogens is 2. The summed E-state index contributed by atoms with van der Waals surface area (Å²) in [7, 11) is 0. The van der Waals surface area contributed by atoms with Gasteiger partial charge in [-0.1, -0.05) is 12.1 Å². The number of rotatable bonds is 3. The van der Waals surface area contributed by atoms with Gasteiger partial charge in [-0.2, -0.15) is 0 Å². The molecule has 0 saturated carbocycles. The fraction of sp³-hybridized carbons (Fsp3) is 0.118. The van der Waals surface area contributed by atoms with Crippen LogP contribution in [-0.2, 0) is 4.79 Å². The summed E-state index contributed by atoms with van der Waals surface area (Å²) in [6.07, 6.45) is 1.75. The Bertz CT molecular complexity index is 1000. The number of para-hydroxylation sites is 2. The van der Waals surface area contributed by atoms with Crippen molar-refractivity contribution in [3.05, 3.63) is 65.0 Å². The van der Waals surface area contributed by atoms with Gasteiger partial charge in [0.1, 0.15) is 11.4 Å². The van der Waals surface area contributed by atoms with E-state index in [1.807, 2.05) is 0 Å². The molecule has 9 nitrogen and oxygen atoms in total. The van der Waals surface area contributed by atoms with Crippen molar-refractivity contribution >= 4 is 23.2 Å². The highest BCUT2D eigenvalue weighted by atomic mass is 16.5. The Hall–Kier alpha value is -3.75. The van der Waals surface area contributed by atoms with Crippen LogP contribution in [0.1, 0.15) is 10.6 Å². The molecular formula is C17H14N4O5. The molecular weight excluding hydrogens is 340 g/mol. The molecule has 0 aliphatic carbocycles. The summed E-state index contributed by atoms with van der Waals surface area (Å²) in [4.78, 5) is 38.2. The zero-order chi connectivity index (χ0) is 18.1. The number of nitrogens with zero attached hydrogens (tertiary/aromatic N) is 1. The van der Waals surface area contributed by atoms with E-state index in [1.165, 1.54) is 17.4 Å². The molecule has 0 spiro atoms. The molecule has 132 valence electrons. The summed E-state index contributed by atoms with van der Waals surface area (Å²) >= 11 is 0. The third kappa shape index (κ3) is 2.75. The maximum absolute atomic E-state index is 12.7. The molecule has 3 aromatic rings. The second kappa shape index (κ2) is 6.28. The van der Waals surface area contributed by atoms with Crippen LogP contribution in [0, 0.1) is 0 Å². The highest BCUT2D eigenvalue weighted by Crippen LogP contribution is 2.34. The van der Waals surface area contributed by atoms with Crippen LogP contribution in [0.25, 0.3) is 0 Å². The molecule has 3 N–H and O–H groups in total. The third-order valence-corrected chi connectivity index (χ3v) is 3.95. The lowest BCUT2D eigenvalue weighted by atomic mass is 10.1. The van der Waals surface area contributed by atoms with E-state index in [0.29, 0.717) is 11.4 Å². The lowest BCUT2D eigenvalue weighted by Gasteiger charge is -2.33. The monoisotopic (exact) mass is 354 g/mol. The minimum atomic E-state index is -0.988. The van der Waals surface area contributed by atoms with Gasteiger partial charge in [0.25, 0.3) is 17.4 Å². The molecule has 2 amide bonds. The average Bonchev–Trinajstić information content (AvgIpc) is 3.32. The maximum Gasteiger partial charge on any atom is 0.294 e. The Morgan fingerprint density at radius 1 is 1.19 bits per heavy atom. The van der Waals surface area contributed by atoms with Crippen molar-refractivity contribution < 1.29 is 18.7 Å². The van der Waals surface area contributed by atoms with Crippen molar-refractivity contribution in [3.63, 3.8) is 0 Å². The molecule has 1 unspecified atom stereocenters. The van der Waals surface area contributed by atoms with E-state index in [9.17, 15) is 14.4 Å². The normalized spacial score (nSPS) is 15.8. The lowest BCUT2D eigenvalue weighted by Crippen LogP contribution is -2.49. The molecule has 26 heavy (non-hydrogen) atoms. The van der Waals surface area contributed by atoms with Gasteiger partial charge in [-0.05, 0) is 24.3 Å². The Morgan fingerprint density at radius 2 is 2.04 bits per heavy atom. The highest BCUT2D eigenvalue weighted by Gasteiger charge is 2.35. The minimum absolute atomic E-state index is 0.0231. The van der Waals surface area contributed by atoms with Crippen LogP contribution in [-0.4, -0.2) is 34.7 Å². The number of carbonyl (C=O) groups is 2. The Morgan fingerprint density at radius 3 is 2.77 bits per heavy atom. The first-order valence-corrected chi connectivity index (χ1v) is 7.81. The second-order valence-electron chi connectivity index (χ2n) is 5.61. The van der Waals surface area contributed by atoms with E-state index in [1.54, 1.807) is 36.4 Å². The number of fused-ring (bicyclic) bond motifs is 1. The van der Waals surface area contributed by atoms with Gasteiger partial charge in [0.2, 0.25) is 0 Å². The fourth-order valence-corrected chi connectivity index (χ4v) is 2.71. The van der Waals surface area contributed by atoms with E-state index in [-0.39, 0.29) is 23.9 Å². The molecule has 0 fully saturated rings. The maximum atomic E-state index is 12.7. The molecule has 4 rings (SSSR count). The summed E-state index contributed by atoms with van der Waals surface area (Å²) in [5.41, 5.74) is 0.150. The molecule has 1 atom stereocenters. The van der Waals surface area contributed by atoms with Gasteiger partial charge in [0.05, 0.1) is 18.5 Å². The Kier molecular flexibility index (Phi) is 3.81. The smallest absolute Gasteiger partial charge is 0.294 e. The zero-order valence-corrected chi connectivity index (χ0v) is 13.4. The number of ether oxygens (including phenoxy) is 1. The van der Waals surface area contributed by atoms with E-state index in [4.69, 9.17) is 9.15 Å². The van der Waals surface area contributed by atoms with E-state index in [0.717, 1.165) is 0 Å². The molecule has 1 aromatic carbocycles. The Balaban J connectivity index is 1.63. The van der Waals surface area contributed by atoms with Gasteiger partial charge in [-0.15, -0.1) is 0 Å². The molecule has 9 heteroatoms. The molecule has 3 heterocycles. The first-order valence-electron chi connectivity index (χ1n) is 7.81. The number of H-pyrrole nitrogens is 2. The number of hydrogen-bond acceptors (Lipinski definition) is 5. The van der Waals surface area contributed by atoms with Crippen LogP contribution in [0.4, 0.5) is 11.4 Å². The topological polar surface area (TPSA) is 120 Å². The fourth-order valence-electron chi connectivity index (χ4n) is 2.71. The second-order valence-corrected chi connectivity index (χ2v) is 5.61. The van der Waals surface area contributed by atoms with Crippen LogP contribution >= 0.6 is 0 Å². The Labute approximate surface area is 146 Å². The standard InChI is InChI=1S/C17H14N4O5/c22-15-10(8-18-20-15)19-16(23)14-9-21(17(24)13-6-3-7-25-13)11-4-1-2-5-12(11)26-14/h1-8,14H,9H2,(H,19,23)(H2,18,20,22).